The van der Waals surface area contributed by atoms with Gasteiger partial charge in [0.05, 0.1) is 5.56 Å². The van der Waals surface area contributed by atoms with Crippen LogP contribution < -0.4 is 10.5 Å². The standard InChI is InChI=1S/C15H14BrNO2S/c16-12-2-1-3-13(14(12)15(17)20)19-11-6-4-10(5-7-11)8-9-18/h1-7,18H,8-9H2,(H2,17,20). The molecule has 0 unspecified atom stereocenters. The maximum absolute atomic E-state index is 8.89. The molecule has 3 N–H and O–H groups in total. The predicted octanol–water partition coefficient (Wildman–Crippen LogP) is 3.41. The molecule has 0 bridgehead atoms. The predicted molar refractivity (Wildman–Crippen MR) is 87.3 cm³/mol. The molecule has 0 aliphatic rings. The Morgan fingerprint density at radius 2 is 1.90 bits per heavy atom. The first-order valence-electron chi connectivity index (χ1n) is 6.08. The SMILES string of the molecule is NC(=S)c1c(Br)cccc1Oc1ccc(CCO)cc1. The number of aliphatic hydroxyl groups excluding tert-OH is 1. The number of rotatable bonds is 5. The second-order valence-electron chi connectivity index (χ2n) is 4.20. The summed E-state index contributed by atoms with van der Waals surface area (Å²) < 4.78 is 6.63. The molecule has 0 aliphatic heterocycles. The normalized spacial score (nSPS) is 10.3. The van der Waals surface area contributed by atoms with E-state index in [1.807, 2.05) is 42.5 Å². The molecule has 2 aromatic rings. The van der Waals surface area contributed by atoms with Crippen LogP contribution in [0.15, 0.2) is 46.9 Å². The van der Waals surface area contributed by atoms with Crippen LogP contribution in [0.4, 0.5) is 0 Å². The van der Waals surface area contributed by atoms with Crippen molar-refractivity contribution in [3.8, 4) is 11.5 Å². The first kappa shape index (κ1) is 15.0. The highest BCUT2D eigenvalue weighted by molar-refractivity contribution is 9.10. The Hall–Kier alpha value is -1.43. The van der Waals surface area contributed by atoms with Gasteiger partial charge in [0.1, 0.15) is 16.5 Å². The van der Waals surface area contributed by atoms with Gasteiger partial charge < -0.3 is 15.6 Å². The summed E-state index contributed by atoms with van der Waals surface area (Å²) in [7, 11) is 0. The lowest BCUT2D eigenvalue weighted by atomic mass is 10.1. The van der Waals surface area contributed by atoms with E-state index in [1.54, 1.807) is 0 Å². The van der Waals surface area contributed by atoms with E-state index in [0.29, 0.717) is 23.5 Å². The largest absolute Gasteiger partial charge is 0.457 e. The fourth-order valence-electron chi connectivity index (χ4n) is 1.81. The number of hydrogen-bond acceptors (Lipinski definition) is 3. The number of aliphatic hydroxyl groups is 1. The first-order valence-corrected chi connectivity index (χ1v) is 7.28. The summed E-state index contributed by atoms with van der Waals surface area (Å²) in [5, 5.41) is 8.89. The minimum absolute atomic E-state index is 0.136. The molecule has 2 aromatic carbocycles. The number of nitrogens with two attached hydrogens (primary N) is 1. The molecule has 2 rings (SSSR count). The number of ether oxygens (including phenoxy) is 1. The van der Waals surface area contributed by atoms with Gasteiger partial charge in [0, 0.05) is 11.1 Å². The molecule has 3 nitrogen and oxygen atoms in total. The highest BCUT2D eigenvalue weighted by Crippen LogP contribution is 2.30. The second-order valence-corrected chi connectivity index (χ2v) is 5.49. The van der Waals surface area contributed by atoms with E-state index in [2.05, 4.69) is 15.9 Å². The minimum atomic E-state index is 0.136. The molecular formula is C15H14BrNO2S. The van der Waals surface area contributed by atoms with Crippen LogP contribution in [-0.4, -0.2) is 16.7 Å². The zero-order valence-corrected chi connectivity index (χ0v) is 13.1. The van der Waals surface area contributed by atoms with E-state index in [-0.39, 0.29) is 11.6 Å². The third kappa shape index (κ3) is 3.56. The topological polar surface area (TPSA) is 55.5 Å². The quantitative estimate of drug-likeness (QED) is 0.810. The van der Waals surface area contributed by atoms with Crippen molar-refractivity contribution in [3.05, 3.63) is 58.1 Å². The van der Waals surface area contributed by atoms with E-state index in [9.17, 15) is 0 Å². The molecule has 5 heteroatoms. The maximum Gasteiger partial charge on any atom is 0.138 e. The molecule has 0 atom stereocenters. The van der Waals surface area contributed by atoms with Gasteiger partial charge in [-0.2, -0.15) is 0 Å². The van der Waals surface area contributed by atoms with Crippen molar-refractivity contribution in [1.29, 1.82) is 0 Å². The lowest BCUT2D eigenvalue weighted by Gasteiger charge is -2.12. The van der Waals surface area contributed by atoms with Crippen molar-refractivity contribution in [3.63, 3.8) is 0 Å². The van der Waals surface area contributed by atoms with Crippen LogP contribution in [0, 0.1) is 0 Å². The van der Waals surface area contributed by atoms with Gasteiger partial charge in [-0.05, 0) is 52.2 Å². The third-order valence-corrected chi connectivity index (χ3v) is 3.64. The molecule has 104 valence electrons. The zero-order chi connectivity index (χ0) is 14.5. The molecule has 0 amide bonds. The Kier molecular flexibility index (Phi) is 5.11. The third-order valence-electron chi connectivity index (χ3n) is 2.77. The summed E-state index contributed by atoms with van der Waals surface area (Å²) in [6.45, 7) is 0.136. The fourth-order valence-corrected chi connectivity index (χ4v) is 2.71. The Bertz CT molecular complexity index is 614. The van der Waals surface area contributed by atoms with Crippen molar-refractivity contribution < 1.29 is 9.84 Å². The second kappa shape index (κ2) is 6.83. The molecule has 0 aromatic heterocycles. The molecular weight excluding hydrogens is 338 g/mol. The van der Waals surface area contributed by atoms with Gasteiger partial charge in [-0.3, -0.25) is 0 Å². The monoisotopic (exact) mass is 351 g/mol. The van der Waals surface area contributed by atoms with Crippen molar-refractivity contribution in [1.82, 2.24) is 0 Å². The Balaban J connectivity index is 2.26. The maximum atomic E-state index is 8.89. The van der Waals surface area contributed by atoms with Gasteiger partial charge in [-0.25, -0.2) is 0 Å². The van der Waals surface area contributed by atoms with Crippen LogP contribution in [0.5, 0.6) is 11.5 Å². The number of hydrogen-bond donors (Lipinski definition) is 2. The van der Waals surface area contributed by atoms with Gasteiger partial charge in [0.15, 0.2) is 0 Å². The zero-order valence-electron chi connectivity index (χ0n) is 10.7. The van der Waals surface area contributed by atoms with Crippen LogP contribution in [0.1, 0.15) is 11.1 Å². The minimum Gasteiger partial charge on any atom is -0.457 e. The molecule has 0 saturated carbocycles. The van der Waals surface area contributed by atoms with Crippen LogP contribution in [0.3, 0.4) is 0 Å². The summed E-state index contributed by atoms with van der Waals surface area (Å²) in [5.41, 5.74) is 7.47. The number of thiocarbonyl (C=S) groups is 1. The average molecular weight is 352 g/mol. The highest BCUT2D eigenvalue weighted by Gasteiger charge is 2.11. The van der Waals surface area contributed by atoms with Gasteiger partial charge in [0.2, 0.25) is 0 Å². The molecule has 0 aliphatic carbocycles. The van der Waals surface area contributed by atoms with Gasteiger partial charge in [-0.1, -0.05) is 30.4 Å². The Labute approximate surface area is 131 Å². The van der Waals surface area contributed by atoms with E-state index in [1.165, 1.54) is 0 Å². The fraction of sp³-hybridized carbons (Fsp3) is 0.133. The van der Waals surface area contributed by atoms with Gasteiger partial charge in [-0.15, -0.1) is 0 Å². The van der Waals surface area contributed by atoms with Crippen LogP contribution in [0.25, 0.3) is 0 Å². The number of halogens is 1. The summed E-state index contributed by atoms with van der Waals surface area (Å²) >= 11 is 8.47. The lowest BCUT2D eigenvalue weighted by Crippen LogP contribution is -2.11. The summed E-state index contributed by atoms with van der Waals surface area (Å²) in [6, 6.07) is 13.1. The van der Waals surface area contributed by atoms with Gasteiger partial charge in [0.25, 0.3) is 0 Å². The van der Waals surface area contributed by atoms with Crippen LogP contribution in [-0.2, 0) is 6.42 Å². The van der Waals surface area contributed by atoms with E-state index in [0.717, 1.165) is 10.0 Å². The smallest absolute Gasteiger partial charge is 0.138 e. The van der Waals surface area contributed by atoms with Crippen molar-refractivity contribution in [2.75, 3.05) is 6.61 Å². The molecule has 0 radical (unpaired) electrons. The summed E-state index contributed by atoms with van der Waals surface area (Å²) in [5.74, 6) is 1.31. The van der Waals surface area contributed by atoms with Gasteiger partial charge >= 0.3 is 0 Å². The lowest BCUT2D eigenvalue weighted by molar-refractivity contribution is 0.299. The summed E-state index contributed by atoms with van der Waals surface area (Å²) in [4.78, 5) is 0.282. The van der Waals surface area contributed by atoms with Crippen LogP contribution >= 0.6 is 28.1 Å². The highest BCUT2D eigenvalue weighted by atomic mass is 79.9. The van der Waals surface area contributed by atoms with Crippen molar-refractivity contribution in [2.24, 2.45) is 5.73 Å². The molecule has 20 heavy (non-hydrogen) atoms. The Morgan fingerprint density at radius 1 is 1.20 bits per heavy atom. The molecule has 0 fully saturated rings. The van der Waals surface area contributed by atoms with Crippen molar-refractivity contribution in [2.45, 2.75) is 6.42 Å². The van der Waals surface area contributed by atoms with Crippen LogP contribution in [0.2, 0.25) is 0 Å². The van der Waals surface area contributed by atoms with E-state index in [4.69, 9.17) is 27.8 Å². The van der Waals surface area contributed by atoms with E-state index >= 15 is 0 Å². The van der Waals surface area contributed by atoms with Crippen molar-refractivity contribution >= 4 is 33.1 Å². The molecule has 0 spiro atoms. The number of benzene rings is 2. The Morgan fingerprint density at radius 3 is 2.50 bits per heavy atom. The van der Waals surface area contributed by atoms with E-state index < -0.39 is 0 Å². The first-order chi connectivity index (χ1) is 9.61. The average Bonchev–Trinajstić information content (AvgIpc) is 2.41. The molecule has 0 saturated heterocycles. The molecule has 0 heterocycles. The summed E-state index contributed by atoms with van der Waals surface area (Å²) in [6.07, 6.45) is 0.634.